The van der Waals surface area contributed by atoms with E-state index in [1.165, 1.54) is 20.6 Å². The number of rotatable bonds is 3. The van der Waals surface area contributed by atoms with Crippen LogP contribution in [0.5, 0.6) is 11.5 Å². The molecule has 7 nitrogen and oxygen atoms in total. The Bertz CT molecular complexity index is 4120. The van der Waals surface area contributed by atoms with Crippen molar-refractivity contribution in [1.82, 2.24) is 19.1 Å². The van der Waals surface area contributed by atoms with Gasteiger partial charge in [0.15, 0.2) is 0 Å². The smallest absolute Gasteiger partial charge is 0.134 e. The molecule has 0 amide bonds. The van der Waals surface area contributed by atoms with Crippen molar-refractivity contribution in [1.29, 1.82) is 5.26 Å². The van der Waals surface area contributed by atoms with Gasteiger partial charge in [-0.15, -0.1) is 0 Å². The number of fused-ring (bicyclic) bond motifs is 17. The maximum absolute atomic E-state index is 10.1. The van der Waals surface area contributed by atoms with E-state index in [4.69, 9.17) is 14.7 Å². The van der Waals surface area contributed by atoms with E-state index in [1.807, 2.05) is 24.5 Å². The Morgan fingerprint density at radius 2 is 1.10 bits per heavy atom. The number of benzene rings is 8. The maximum atomic E-state index is 10.1. The number of hydrogen-bond donors (Lipinski definition) is 0. The lowest BCUT2D eigenvalue weighted by molar-refractivity contribution is 0.435. The molecule has 1 aliphatic carbocycles. The summed E-state index contributed by atoms with van der Waals surface area (Å²) in [5.74, 6) is 1.50. The topological polar surface area (TPSA) is 71.9 Å². The number of pyridine rings is 2. The molecule has 0 bridgehead atoms. The lowest BCUT2D eigenvalue weighted by Gasteiger charge is -2.41. The van der Waals surface area contributed by atoms with Crippen LogP contribution in [0.15, 0.2) is 216 Å². The Kier molecular flexibility index (Phi) is 7.58. The lowest BCUT2D eigenvalue weighted by atomic mass is 9.65. The maximum Gasteiger partial charge on any atom is 0.134 e. The molecular weight excluding hydrogens is 853 g/mol. The third-order valence-electron chi connectivity index (χ3n) is 14.3. The predicted octanol–water partition coefficient (Wildman–Crippen LogP) is 14.9. The fourth-order valence-electron chi connectivity index (χ4n) is 11.6. The van der Waals surface area contributed by atoms with E-state index >= 15 is 0 Å². The van der Waals surface area contributed by atoms with Crippen LogP contribution in [0.4, 0.5) is 17.1 Å². The number of para-hydroxylation sites is 5. The van der Waals surface area contributed by atoms with Crippen LogP contribution in [-0.2, 0) is 5.41 Å². The zero-order valence-electron chi connectivity index (χ0n) is 36.1. The molecule has 1 atom stereocenters. The Morgan fingerprint density at radius 3 is 1.84 bits per heavy atom. The Hall–Kier alpha value is -8.90. The van der Waals surface area contributed by atoms with Gasteiger partial charge in [-0.2, -0.15) is 5.26 Å². The molecule has 6 heterocycles. The minimum Gasteiger partial charge on any atom is -0.457 e. The first kappa shape index (κ1) is 37.3. The summed E-state index contributed by atoms with van der Waals surface area (Å²) in [4.78, 5) is 15.4. The van der Waals surface area contributed by atoms with E-state index in [0.717, 1.165) is 106 Å². The van der Waals surface area contributed by atoms with E-state index in [1.54, 1.807) is 11.8 Å². The van der Waals surface area contributed by atoms with Crippen molar-refractivity contribution in [3.8, 4) is 40.3 Å². The molecule has 1 unspecified atom stereocenters. The standard InChI is InChI=1S/C60H34N6OS/c61-34-36-26-29-49-42(31-36)41-15-3-6-19-48(41)66(49)52-22-11-23-53-57(52)60(43-28-27-37(33-54(43)67-53)64-46-17-4-1-13-39(46)40-14-2-5-18-47(40)64)44-16-12-30-62-58(44)59-45(60)32-38(35-63-59)65-50-20-7-9-24-55(50)68-56-25-10-8-21-51(56)65/h1-33,35H. The van der Waals surface area contributed by atoms with Gasteiger partial charge >= 0.3 is 0 Å². The highest BCUT2D eigenvalue weighted by Gasteiger charge is 2.54. The molecule has 316 valence electrons. The quantitative estimate of drug-likeness (QED) is 0.176. The normalized spacial score (nSPS) is 15.1. The van der Waals surface area contributed by atoms with Crippen molar-refractivity contribution in [2.75, 3.05) is 4.90 Å². The van der Waals surface area contributed by atoms with E-state index in [0.29, 0.717) is 5.56 Å². The van der Waals surface area contributed by atoms with E-state index in [2.05, 4.69) is 202 Å². The van der Waals surface area contributed by atoms with Crippen LogP contribution in [0.3, 0.4) is 0 Å². The monoisotopic (exact) mass is 886 g/mol. The van der Waals surface area contributed by atoms with Crippen molar-refractivity contribution >= 4 is 72.4 Å². The molecule has 3 aliphatic rings. The Balaban J connectivity index is 1.07. The molecule has 4 aromatic heterocycles. The molecule has 12 aromatic rings. The third-order valence-corrected chi connectivity index (χ3v) is 15.4. The number of aromatic nitrogens is 4. The summed E-state index contributed by atoms with van der Waals surface area (Å²) in [6, 6.07) is 71.1. The third kappa shape index (κ3) is 4.87. The highest BCUT2D eigenvalue weighted by Crippen LogP contribution is 2.64. The molecule has 0 N–H and O–H groups in total. The summed E-state index contributed by atoms with van der Waals surface area (Å²) < 4.78 is 12.1. The number of nitrogens with zero attached hydrogens (tertiary/aromatic N) is 6. The molecular formula is C60H34N6OS. The molecule has 0 saturated carbocycles. The molecule has 15 rings (SSSR count). The second kappa shape index (κ2) is 13.8. The first-order valence-electron chi connectivity index (χ1n) is 22.7. The summed E-state index contributed by atoms with van der Waals surface area (Å²) in [6.07, 6.45) is 3.89. The van der Waals surface area contributed by atoms with Gasteiger partial charge in [-0.25, -0.2) is 0 Å². The van der Waals surface area contributed by atoms with E-state index < -0.39 is 5.41 Å². The van der Waals surface area contributed by atoms with Crippen molar-refractivity contribution in [2.45, 2.75) is 15.2 Å². The van der Waals surface area contributed by atoms with Gasteiger partial charge in [-0.05, 0) is 96.6 Å². The van der Waals surface area contributed by atoms with Gasteiger partial charge in [0.05, 0.1) is 79.4 Å². The van der Waals surface area contributed by atoms with Crippen molar-refractivity contribution < 1.29 is 4.74 Å². The molecule has 0 fully saturated rings. The second-order valence-corrected chi connectivity index (χ2v) is 18.7. The van der Waals surface area contributed by atoms with Crippen molar-refractivity contribution in [3.05, 3.63) is 234 Å². The molecule has 8 aromatic carbocycles. The highest BCUT2D eigenvalue weighted by molar-refractivity contribution is 7.99. The summed E-state index contributed by atoms with van der Waals surface area (Å²) in [6.45, 7) is 0. The number of nitriles is 1. The SMILES string of the molecule is N#Cc1ccc2c(c1)c1ccccc1n2-c1cccc2c1C1(c3ccc(-n4c5ccccc5c5ccccc54)cc3O2)c2cccnc2-c2ncc(N3c4ccccc4Sc4ccccc43)cc21. The molecule has 0 saturated heterocycles. The minimum absolute atomic E-state index is 0.617. The average molecular weight is 887 g/mol. The summed E-state index contributed by atoms with van der Waals surface area (Å²) >= 11 is 1.79. The van der Waals surface area contributed by atoms with Crippen LogP contribution in [0.2, 0.25) is 0 Å². The molecule has 0 radical (unpaired) electrons. The number of anilines is 3. The van der Waals surface area contributed by atoms with Gasteiger partial charge in [-0.3, -0.25) is 9.97 Å². The fraction of sp³-hybridized carbons (Fsp3) is 0.0167. The van der Waals surface area contributed by atoms with Gasteiger partial charge in [-0.1, -0.05) is 109 Å². The number of hydrogen-bond acceptors (Lipinski definition) is 6. The van der Waals surface area contributed by atoms with Crippen LogP contribution < -0.4 is 9.64 Å². The Morgan fingerprint density at radius 1 is 0.471 bits per heavy atom. The Labute approximate surface area is 394 Å². The van der Waals surface area contributed by atoms with Gasteiger partial charge in [0.25, 0.3) is 0 Å². The van der Waals surface area contributed by atoms with E-state index in [9.17, 15) is 5.26 Å². The second-order valence-electron chi connectivity index (χ2n) is 17.6. The van der Waals surface area contributed by atoms with Crippen molar-refractivity contribution in [2.24, 2.45) is 0 Å². The van der Waals surface area contributed by atoms with E-state index in [-0.39, 0.29) is 0 Å². The first-order chi connectivity index (χ1) is 33.7. The van der Waals surface area contributed by atoms with Crippen LogP contribution in [-0.4, -0.2) is 19.1 Å². The molecule has 68 heavy (non-hydrogen) atoms. The van der Waals surface area contributed by atoms with Crippen LogP contribution >= 0.6 is 11.8 Å². The zero-order chi connectivity index (χ0) is 44.7. The van der Waals surface area contributed by atoms with Gasteiger partial charge in [0.1, 0.15) is 11.5 Å². The number of ether oxygens (including phenoxy) is 1. The highest BCUT2D eigenvalue weighted by atomic mass is 32.2. The van der Waals surface area contributed by atoms with Crippen LogP contribution in [0, 0.1) is 11.3 Å². The lowest BCUT2D eigenvalue weighted by Crippen LogP contribution is -2.34. The van der Waals surface area contributed by atoms with Crippen LogP contribution in [0.25, 0.3) is 66.4 Å². The average Bonchev–Trinajstić information content (AvgIpc) is 4.01. The first-order valence-corrected chi connectivity index (χ1v) is 23.5. The van der Waals surface area contributed by atoms with Crippen molar-refractivity contribution in [3.63, 3.8) is 0 Å². The summed E-state index contributed by atoms with van der Waals surface area (Å²) in [5, 5.41) is 14.6. The predicted molar refractivity (Wildman–Crippen MR) is 272 cm³/mol. The van der Waals surface area contributed by atoms with Gasteiger partial charge in [0.2, 0.25) is 0 Å². The largest absolute Gasteiger partial charge is 0.457 e. The zero-order valence-corrected chi connectivity index (χ0v) is 36.9. The molecule has 8 heteroatoms. The van der Waals surface area contributed by atoms with Crippen LogP contribution in [0.1, 0.15) is 27.8 Å². The van der Waals surface area contributed by atoms with Gasteiger partial charge in [0, 0.05) is 66.0 Å². The fourth-order valence-corrected chi connectivity index (χ4v) is 12.7. The van der Waals surface area contributed by atoms with Gasteiger partial charge < -0.3 is 18.8 Å². The minimum atomic E-state index is -0.964. The molecule has 1 spiro atoms. The summed E-state index contributed by atoms with van der Waals surface area (Å²) in [7, 11) is 0. The summed E-state index contributed by atoms with van der Waals surface area (Å²) in [5.41, 5.74) is 14.8. The molecule has 2 aliphatic heterocycles.